The fourth-order valence-corrected chi connectivity index (χ4v) is 2.98. The van der Waals surface area contributed by atoms with Gasteiger partial charge in [0.2, 0.25) is 5.78 Å². The first-order chi connectivity index (χ1) is 14.5. The molecule has 0 spiro atoms. The van der Waals surface area contributed by atoms with Crippen LogP contribution in [0.15, 0.2) is 24.3 Å². The molecule has 0 fully saturated rings. The molecule has 176 valence electrons. The molecule has 0 atom stereocenters. The van der Waals surface area contributed by atoms with Crippen LogP contribution in [-0.2, 0) is 18.9 Å². The van der Waals surface area contributed by atoms with Crippen molar-refractivity contribution in [3.05, 3.63) is 58.9 Å². The molecule has 0 bridgehead atoms. The summed E-state index contributed by atoms with van der Waals surface area (Å²) < 4.78 is 114. The quantitative estimate of drug-likeness (QED) is 0.0931. The van der Waals surface area contributed by atoms with Gasteiger partial charge >= 0.3 is 12.9 Å². The summed E-state index contributed by atoms with van der Waals surface area (Å²) in [7, 11) is -2.09. The highest BCUT2D eigenvalue weighted by molar-refractivity contribution is 8.02. The number of carbonyl (C=O) groups excluding carboxylic acids is 2. The van der Waals surface area contributed by atoms with Gasteiger partial charge in [-0.25, -0.2) is 22.0 Å². The Morgan fingerprint density at radius 3 is 1.59 bits per heavy atom. The Morgan fingerprint density at radius 2 is 1.25 bits per heavy atom. The second kappa shape index (κ2) is 10.2. The minimum Gasteiger partial charge on any atom is -0.445 e. The summed E-state index contributed by atoms with van der Waals surface area (Å²) in [5.74, 6) is -13.7. The molecule has 0 aliphatic rings. The van der Waals surface area contributed by atoms with Gasteiger partial charge in [0, 0.05) is 12.5 Å². The summed E-state index contributed by atoms with van der Waals surface area (Å²) in [5.41, 5.74) is -2.26. The minimum atomic E-state index is -6.30. The average molecular weight is 490 g/mol. The minimum absolute atomic E-state index is 0.0277. The highest BCUT2D eigenvalue weighted by atomic mass is 32.2. The monoisotopic (exact) mass is 490 g/mol. The number of carbonyl (C=O) groups is 2. The maximum atomic E-state index is 12.5. The number of benzene rings is 2. The van der Waals surface area contributed by atoms with Crippen LogP contribution >= 0.6 is 0 Å². The normalized spacial score (nSPS) is 11.5. The molecular formula is C18H15BF8O4S. The molecule has 0 aliphatic carbocycles. The topological polar surface area (TPSA) is 60.4 Å². The lowest BCUT2D eigenvalue weighted by Crippen LogP contribution is -2.41. The van der Waals surface area contributed by atoms with E-state index in [4.69, 9.17) is 4.74 Å². The van der Waals surface area contributed by atoms with Crippen molar-refractivity contribution < 1.29 is 53.4 Å². The van der Waals surface area contributed by atoms with E-state index in [1.807, 2.05) is 0 Å². The molecule has 0 amide bonds. The second-order valence-electron chi connectivity index (χ2n) is 6.68. The van der Waals surface area contributed by atoms with Crippen LogP contribution in [0.25, 0.3) is 0 Å². The number of halogens is 8. The lowest BCUT2D eigenvalue weighted by Gasteiger charge is -2.17. The first kappa shape index (κ1) is 27.3. The number of hydrogen-bond donors (Lipinski definition) is 0. The predicted molar refractivity (Wildman–Crippen MR) is 102 cm³/mol. The van der Waals surface area contributed by atoms with Crippen LogP contribution in [0.1, 0.15) is 17.3 Å². The standard InChI is InChI=1S/C12H15O4S.C6BF8/c1-9(13)16-11-6-4-10(5-7-11)12(14)8-17(2,3)15;8-2-1(7(13,14)15)3(9)5(11)6(12)4(2)10/h4-7H,8H2,1-3H3;/q+1;-1. The number of ether oxygens (including phenoxy) is 1. The summed E-state index contributed by atoms with van der Waals surface area (Å²) in [5, 5.41) is 0. The summed E-state index contributed by atoms with van der Waals surface area (Å²) in [4.78, 5) is 22.4. The summed E-state index contributed by atoms with van der Waals surface area (Å²) in [6.45, 7) is -5.00. The van der Waals surface area contributed by atoms with Crippen molar-refractivity contribution in [1.82, 2.24) is 0 Å². The maximum Gasteiger partial charge on any atom is 0.515 e. The Kier molecular flexibility index (Phi) is 8.72. The van der Waals surface area contributed by atoms with Crippen LogP contribution in [0, 0.1) is 29.1 Å². The molecule has 0 aromatic heterocycles. The van der Waals surface area contributed by atoms with Crippen LogP contribution in [0.3, 0.4) is 0 Å². The van der Waals surface area contributed by atoms with Gasteiger partial charge in [-0.15, -0.1) is 4.21 Å². The molecule has 0 N–H and O–H groups in total. The molecule has 0 aliphatic heterocycles. The SMILES string of the molecule is CC(=O)Oc1ccc(C(=O)C[S+](C)(C)=O)cc1.Fc1c(F)c(F)c([B-](F)(F)F)c(F)c1F. The van der Waals surface area contributed by atoms with Gasteiger partial charge in [0.15, 0.2) is 23.2 Å². The van der Waals surface area contributed by atoms with Gasteiger partial charge < -0.3 is 17.7 Å². The molecule has 2 aromatic carbocycles. The molecular weight excluding hydrogens is 475 g/mol. The first-order valence-corrected chi connectivity index (χ1v) is 10.9. The maximum absolute atomic E-state index is 12.5. The molecule has 32 heavy (non-hydrogen) atoms. The lowest BCUT2D eigenvalue weighted by molar-refractivity contribution is -0.131. The molecule has 2 rings (SSSR count). The molecule has 0 saturated carbocycles. The van der Waals surface area contributed by atoms with Gasteiger partial charge in [-0.05, 0) is 29.7 Å². The number of esters is 1. The van der Waals surface area contributed by atoms with Crippen LogP contribution < -0.4 is 10.2 Å². The summed E-state index contributed by atoms with van der Waals surface area (Å²) >= 11 is 0. The van der Waals surface area contributed by atoms with Gasteiger partial charge in [0.05, 0.1) is 9.93 Å². The van der Waals surface area contributed by atoms with Crippen molar-refractivity contribution >= 4 is 34.1 Å². The first-order valence-electron chi connectivity index (χ1n) is 8.40. The summed E-state index contributed by atoms with van der Waals surface area (Å²) in [6, 6.07) is 6.21. The van der Waals surface area contributed by atoms with Crippen molar-refractivity contribution in [2.75, 3.05) is 18.3 Å². The van der Waals surface area contributed by atoms with Crippen molar-refractivity contribution in [2.45, 2.75) is 6.92 Å². The van der Waals surface area contributed by atoms with Gasteiger partial charge in [-0.1, -0.05) is 0 Å². The second-order valence-corrected chi connectivity index (χ2v) is 9.84. The van der Waals surface area contributed by atoms with E-state index in [1.165, 1.54) is 6.92 Å². The van der Waals surface area contributed by atoms with Crippen LogP contribution in [0.4, 0.5) is 34.9 Å². The smallest absolute Gasteiger partial charge is 0.445 e. The van der Waals surface area contributed by atoms with E-state index >= 15 is 0 Å². The Bertz CT molecular complexity index is 1040. The van der Waals surface area contributed by atoms with Gasteiger partial charge in [-0.2, -0.15) is 0 Å². The summed E-state index contributed by atoms with van der Waals surface area (Å²) in [6.07, 6.45) is 3.11. The van der Waals surface area contributed by atoms with E-state index in [-0.39, 0.29) is 11.5 Å². The van der Waals surface area contributed by atoms with E-state index < -0.39 is 57.4 Å². The molecule has 0 radical (unpaired) electrons. The molecule has 14 heteroatoms. The highest BCUT2D eigenvalue weighted by Gasteiger charge is 2.37. The van der Waals surface area contributed by atoms with Crippen LogP contribution in [-0.4, -0.2) is 37.0 Å². The molecule has 4 nitrogen and oxygen atoms in total. The van der Waals surface area contributed by atoms with Crippen molar-refractivity contribution in [1.29, 1.82) is 0 Å². The van der Waals surface area contributed by atoms with E-state index in [0.717, 1.165) is 0 Å². The average Bonchev–Trinajstić information content (AvgIpc) is 2.63. The van der Waals surface area contributed by atoms with Crippen molar-refractivity contribution in [3.8, 4) is 5.75 Å². The van der Waals surface area contributed by atoms with E-state index in [0.29, 0.717) is 11.3 Å². The van der Waals surface area contributed by atoms with Gasteiger partial charge in [0.25, 0.3) is 0 Å². The van der Waals surface area contributed by atoms with Gasteiger partial charge in [-0.3, -0.25) is 9.59 Å². The zero-order valence-corrected chi connectivity index (χ0v) is 17.5. The fraction of sp³-hybridized carbons (Fsp3) is 0.222. The van der Waals surface area contributed by atoms with Crippen LogP contribution in [0.2, 0.25) is 0 Å². The third-order valence-electron chi connectivity index (χ3n) is 3.49. The third kappa shape index (κ3) is 7.43. The Hall–Kier alpha value is -2.77. The van der Waals surface area contributed by atoms with E-state index in [1.54, 1.807) is 36.8 Å². The molecule has 0 heterocycles. The van der Waals surface area contributed by atoms with Gasteiger partial charge in [0.1, 0.15) is 29.9 Å². The number of hydrogen-bond acceptors (Lipinski definition) is 4. The Balaban J connectivity index is 0.000000323. The van der Waals surface area contributed by atoms with E-state index in [9.17, 15) is 48.7 Å². The highest BCUT2D eigenvalue weighted by Crippen LogP contribution is 2.21. The van der Waals surface area contributed by atoms with Crippen molar-refractivity contribution in [2.24, 2.45) is 0 Å². The molecule has 2 aromatic rings. The number of Topliss-reactive ketones (excluding diaryl/α,β-unsaturated/α-hetero) is 1. The number of ketones is 1. The lowest BCUT2D eigenvalue weighted by atomic mass is 9.79. The fourth-order valence-electron chi connectivity index (χ4n) is 2.18. The Labute approximate surface area is 178 Å². The zero-order chi connectivity index (χ0) is 25.0. The zero-order valence-electron chi connectivity index (χ0n) is 16.7. The predicted octanol–water partition coefficient (Wildman–Crippen LogP) is 3.99. The molecule has 0 unspecified atom stereocenters. The largest absolute Gasteiger partial charge is 0.515 e. The Morgan fingerprint density at radius 1 is 0.844 bits per heavy atom. The van der Waals surface area contributed by atoms with Crippen molar-refractivity contribution in [3.63, 3.8) is 0 Å². The number of rotatable bonds is 5. The third-order valence-corrected chi connectivity index (χ3v) is 4.45. The van der Waals surface area contributed by atoms with E-state index in [2.05, 4.69) is 0 Å². The molecule has 0 saturated heterocycles. The van der Waals surface area contributed by atoms with Crippen LogP contribution in [0.5, 0.6) is 5.75 Å².